The molecule has 0 saturated heterocycles. The predicted molar refractivity (Wildman–Crippen MR) is 102 cm³/mol. The van der Waals surface area contributed by atoms with Crippen LogP contribution in [0, 0.1) is 0 Å². The van der Waals surface area contributed by atoms with Gasteiger partial charge in [0.25, 0.3) is 0 Å². The highest BCUT2D eigenvalue weighted by molar-refractivity contribution is 8.01. The van der Waals surface area contributed by atoms with Crippen molar-refractivity contribution in [2.45, 2.75) is 49.8 Å². The fourth-order valence-electron chi connectivity index (χ4n) is 2.50. The third kappa shape index (κ3) is 3.58. The van der Waals surface area contributed by atoms with Gasteiger partial charge < -0.3 is 10.1 Å². The summed E-state index contributed by atoms with van der Waals surface area (Å²) in [4.78, 5) is 15.7. The summed E-state index contributed by atoms with van der Waals surface area (Å²) in [6, 6.07) is 8.06. The summed E-state index contributed by atoms with van der Waals surface area (Å²) in [5.41, 5.74) is 3.00. The Morgan fingerprint density at radius 2 is 1.92 bits per heavy atom. The number of carboxylic acids is 1. The number of aromatic nitrogens is 3. The molecular weight excluding hydrogens is 334 g/mol. The van der Waals surface area contributed by atoms with Gasteiger partial charge in [0.2, 0.25) is 0 Å². The molecule has 0 aliphatic heterocycles. The molecule has 0 atom stereocenters. The quantitative estimate of drug-likeness (QED) is 0.662. The molecule has 0 radical (unpaired) electrons. The van der Waals surface area contributed by atoms with Crippen LogP contribution < -0.4 is 0 Å². The highest BCUT2D eigenvalue weighted by Gasteiger charge is 2.28. The van der Waals surface area contributed by atoms with Crippen molar-refractivity contribution in [2.75, 3.05) is 0 Å². The van der Waals surface area contributed by atoms with E-state index < -0.39 is 10.7 Å². The summed E-state index contributed by atoms with van der Waals surface area (Å²) in [6.07, 6.45) is 3.90. The van der Waals surface area contributed by atoms with Crippen molar-refractivity contribution in [3.63, 3.8) is 0 Å². The van der Waals surface area contributed by atoms with Crippen molar-refractivity contribution in [2.24, 2.45) is 0 Å². The first-order valence-corrected chi connectivity index (χ1v) is 8.99. The van der Waals surface area contributed by atoms with Crippen LogP contribution in [0.3, 0.4) is 0 Å². The Morgan fingerprint density at radius 1 is 1.20 bits per heavy atom. The smallest absolute Gasteiger partial charge is 0.319 e. The molecule has 0 amide bonds. The number of nitrogens with zero attached hydrogens (tertiary/aromatic N) is 2. The molecule has 0 aliphatic carbocycles. The van der Waals surface area contributed by atoms with Gasteiger partial charge in [-0.25, -0.2) is 0 Å². The molecule has 6 heteroatoms. The number of nitrogens with one attached hydrogen (secondary N) is 1. The highest BCUT2D eigenvalue weighted by atomic mass is 32.2. The normalized spacial score (nSPS) is 12.7. The summed E-state index contributed by atoms with van der Waals surface area (Å²) in [5, 5.41) is 14.8. The van der Waals surface area contributed by atoms with Gasteiger partial charge in [-0.1, -0.05) is 0 Å². The molecule has 3 aromatic rings. The Labute approximate surface area is 151 Å². The van der Waals surface area contributed by atoms with Crippen LogP contribution in [0.4, 0.5) is 0 Å². The minimum absolute atomic E-state index is 0.0590. The van der Waals surface area contributed by atoms with Crippen molar-refractivity contribution in [3.05, 3.63) is 36.7 Å². The van der Waals surface area contributed by atoms with E-state index in [1.165, 1.54) is 11.8 Å². The zero-order valence-corrected chi connectivity index (χ0v) is 15.9. The lowest BCUT2D eigenvalue weighted by molar-refractivity contribution is -0.138. The number of benzene rings is 1. The van der Waals surface area contributed by atoms with Crippen LogP contribution in [-0.2, 0) is 10.3 Å². The number of hydrogen-bond donors (Lipinski definition) is 2. The number of carboxylic acid groups (broad SMARTS) is 1. The maximum absolute atomic E-state index is 11.3. The van der Waals surface area contributed by atoms with Crippen LogP contribution in [0.25, 0.3) is 22.2 Å². The number of fused-ring (bicyclic) bond motifs is 1. The maximum atomic E-state index is 11.3. The van der Waals surface area contributed by atoms with E-state index in [4.69, 9.17) is 0 Å². The van der Waals surface area contributed by atoms with Crippen molar-refractivity contribution in [3.8, 4) is 11.3 Å². The zero-order valence-electron chi connectivity index (χ0n) is 15.1. The number of H-pyrrole nitrogens is 1. The molecule has 2 heterocycles. The second kappa shape index (κ2) is 5.95. The van der Waals surface area contributed by atoms with Gasteiger partial charge in [-0.15, -0.1) is 11.8 Å². The SMILES string of the molecule is CC(C)(Sc1ccc2[nH]c(-c3cnn(C(C)(C)C)c3)cc2c1)C(=O)O. The average Bonchev–Trinajstić information content (AvgIpc) is 3.12. The molecule has 0 spiro atoms. The number of aromatic amines is 1. The van der Waals surface area contributed by atoms with Crippen LogP contribution in [0.1, 0.15) is 34.6 Å². The van der Waals surface area contributed by atoms with Gasteiger partial charge in [-0.05, 0) is 58.9 Å². The van der Waals surface area contributed by atoms with E-state index in [-0.39, 0.29) is 5.54 Å². The molecule has 2 aromatic heterocycles. The predicted octanol–water partition coefficient (Wildman–Crippen LogP) is 4.74. The Hall–Kier alpha value is -2.21. The minimum atomic E-state index is -0.860. The van der Waals surface area contributed by atoms with Gasteiger partial charge in [0.05, 0.1) is 11.7 Å². The van der Waals surface area contributed by atoms with Crippen LogP contribution in [-0.4, -0.2) is 30.6 Å². The summed E-state index contributed by atoms with van der Waals surface area (Å²) >= 11 is 1.35. The van der Waals surface area contributed by atoms with Crippen molar-refractivity contribution < 1.29 is 9.90 Å². The number of carbonyl (C=O) groups is 1. The summed E-state index contributed by atoms with van der Waals surface area (Å²) < 4.78 is 1.09. The maximum Gasteiger partial charge on any atom is 0.319 e. The third-order valence-electron chi connectivity index (χ3n) is 4.06. The molecule has 25 heavy (non-hydrogen) atoms. The standard InChI is InChI=1S/C19H23N3O2S/c1-18(2,3)22-11-13(10-20-22)16-9-12-8-14(6-7-15(12)21-16)25-19(4,5)17(23)24/h6-11,21H,1-5H3,(H,23,24). The van der Waals surface area contributed by atoms with Crippen molar-refractivity contribution in [1.82, 2.24) is 14.8 Å². The molecule has 0 aliphatic rings. The van der Waals surface area contributed by atoms with Crippen molar-refractivity contribution >= 4 is 28.6 Å². The number of rotatable bonds is 4. The van der Waals surface area contributed by atoms with E-state index in [1.54, 1.807) is 13.8 Å². The number of aliphatic carboxylic acids is 1. The van der Waals surface area contributed by atoms with Gasteiger partial charge >= 0.3 is 5.97 Å². The molecule has 0 unspecified atom stereocenters. The number of hydrogen-bond acceptors (Lipinski definition) is 3. The van der Waals surface area contributed by atoms with Crippen LogP contribution >= 0.6 is 11.8 Å². The lowest BCUT2D eigenvalue weighted by Gasteiger charge is -2.18. The summed E-state index contributed by atoms with van der Waals surface area (Å²) in [6.45, 7) is 9.77. The van der Waals surface area contributed by atoms with Gasteiger partial charge in [0.15, 0.2) is 0 Å². The van der Waals surface area contributed by atoms with Crippen LogP contribution in [0.15, 0.2) is 41.6 Å². The van der Waals surface area contributed by atoms with Gasteiger partial charge in [0, 0.05) is 33.3 Å². The molecule has 1 aromatic carbocycles. The second-order valence-corrected chi connectivity index (χ2v) is 9.39. The van der Waals surface area contributed by atoms with E-state index in [0.717, 1.165) is 27.1 Å². The third-order valence-corrected chi connectivity index (χ3v) is 5.24. The fourth-order valence-corrected chi connectivity index (χ4v) is 3.50. The Balaban J connectivity index is 1.93. The fraction of sp³-hybridized carbons (Fsp3) is 0.368. The lowest BCUT2D eigenvalue weighted by atomic mass is 10.1. The van der Waals surface area contributed by atoms with Crippen LogP contribution in [0.2, 0.25) is 0 Å². The minimum Gasteiger partial charge on any atom is -0.480 e. The van der Waals surface area contributed by atoms with E-state index in [2.05, 4.69) is 36.9 Å². The van der Waals surface area contributed by atoms with E-state index in [9.17, 15) is 9.90 Å². The first-order valence-electron chi connectivity index (χ1n) is 8.17. The largest absolute Gasteiger partial charge is 0.480 e. The molecular formula is C19H23N3O2S. The Bertz CT molecular complexity index is 932. The molecule has 5 nitrogen and oxygen atoms in total. The van der Waals surface area contributed by atoms with E-state index >= 15 is 0 Å². The van der Waals surface area contributed by atoms with Gasteiger partial charge in [0.1, 0.15) is 4.75 Å². The van der Waals surface area contributed by atoms with Gasteiger partial charge in [-0.3, -0.25) is 9.48 Å². The topological polar surface area (TPSA) is 70.9 Å². The van der Waals surface area contributed by atoms with Crippen molar-refractivity contribution in [1.29, 1.82) is 0 Å². The summed E-state index contributed by atoms with van der Waals surface area (Å²) in [7, 11) is 0. The van der Waals surface area contributed by atoms with E-state index in [0.29, 0.717) is 0 Å². The molecule has 0 fully saturated rings. The van der Waals surface area contributed by atoms with E-state index in [1.807, 2.05) is 35.3 Å². The second-order valence-electron chi connectivity index (χ2n) is 7.69. The Morgan fingerprint density at radius 3 is 2.52 bits per heavy atom. The molecule has 132 valence electrons. The molecule has 0 saturated carbocycles. The molecule has 0 bridgehead atoms. The zero-order chi connectivity index (χ0) is 18.4. The first-order chi connectivity index (χ1) is 11.6. The lowest BCUT2D eigenvalue weighted by Crippen LogP contribution is -2.26. The average molecular weight is 357 g/mol. The van der Waals surface area contributed by atoms with Gasteiger partial charge in [-0.2, -0.15) is 5.10 Å². The van der Waals surface area contributed by atoms with Crippen LogP contribution in [0.5, 0.6) is 0 Å². The Kier molecular flexibility index (Phi) is 4.19. The monoisotopic (exact) mass is 357 g/mol. The highest BCUT2D eigenvalue weighted by Crippen LogP contribution is 2.35. The summed E-state index contributed by atoms with van der Waals surface area (Å²) in [5.74, 6) is -0.818. The number of thioether (sulfide) groups is 1. The first kappa shape index (κ1) is 17.6. The molecule has 3 rings (SSSR count). The molecule has 2 N–H and O–H groups in total.